The van der Waals surface area contributed by atoms with Crippen molar-refractivity contribution in [3.8, 4) is 5.75 Å². The Labute approximate surface area is 148 Å². The molecule has 6 heteroatoms. The van der Waals surface area contributed by atoms with Crippen LogP contribution in [0.1, 0.15) is 25.7 Å². The zero-order chi connectivity index (χ0) is 17.0. The molecule has 3 rings (SSSR count). The Balaban J connectivity index is 1.39. The molecule has 1 heterocycles. The summed E-state index contributed by atoms with van der Waals surface area (Å²) in [6.07, 6.45) is 3.82. The molecule has 5 nitrogen and oxygen atoms in total. The van der Waals surface area contributed by atoms with Gasteiger partial charge in [-0.05, 0) is 37.1 Å². The molecule has 1 saturated carbocycles. The van der Waals surface area contributed by atoms with E-state index in [4.69, 9.17) is 22.1 Å². The van der Waals surface area contributed by atoms with E-state index in [0.29, 0.717) is 11.6 Å². The summed E-state index contributed by atoms with van der Waals surface area (Å²) in [5.74, 6) is 0.983. The zero-order valence-electron chi connectivity index (χ0n) is 14.0. The second-order valence-electron chi connectivity index (χ2n) is 6.80. The number of rotatable bonds is 5. The zero-order valence-corrected chi connectivity index (χ0v) is 14.8. The number of halogens is 1. The number of hydrogen-bond acceptors (Lipinski definition) is 4. The second-order valence-corrected chi connectivity index (χ2v) is 7.24. The summed E-state index contributed by atoms with van der Waals surface area (Å²) in [5.41, 5.74) is 5.69. The first-order valence-corrected chi connectivity index (χ1v) is 9.14. The molecule has 24 heavy (non-hydrogen) atoms. The first-order valence-electron chi connectivity index (χ1n) is 8.76. The maximum Gasteiger partial charge on any atom is 0.242 e. The van der Waals surface area contributed by atoms with Crippen molar-refractivity contribution in [2.75, 3.05) is 39.3 Å². The van der Waals surface area contributed by atoms with E-state index >= 15 is 0 Å². The average molecular weight is 352 g/mol. The molecular weight excluding hydrogens is 326 g/mol. The van der Waals surface area contributed by atoms with Crippen LogP contribution in [0.3, 0.4) is 0 Å². The minimum Gasteiger partial charge on any atom is -0.492 e. The van der Waals surface area contributed by atoms with Gasteiger partial charge < -0.3 is 15.4 Å². The number of hydrogen-bond donors (Lipinski definition) is 1. The summed E-state index contributed by atoms with van der Waals surface area (Å²) in [5, 5.41) is 0.711. The van der Waals surface area contributed by atoms with E-state index in [9.17, 15) is 4.79 Å². The number of benzene rings is 1. The van der Waals surface area contributed by atoms with Gasteiger partial charge in [0.15, 0.2) is 0 Å². The Kier molecular flexibility index (Phi) is 5.64. The molecule has 1 aliphatic carbocycles. The maximum atomic E-state index is 12.6. The topological polar surface area (TPSA) is 58.8 Å². The van der Waals surface area contributed by atoms with Crippen LogP contribution in [0.5, 0.6) is 5.75 Å². The fourth-order valence-electron chi connectivity index (χ4n) is 3.53. The lowest BCUT2D eigenvalue weighted by Crippen LogP contribution is -2.58. The molecule has 2 N–H and O–H groups in total. The predicted octanol–water partition coefficient (Wildman–Crippen LogP) is 2.13. The molecule has 132 valence electrons. The van der Waals surface area contributed by atoms with Gasteiger partial charge in [0.2, 0.25) is 5.91 Å². The Bertz CT molecular complexity index is 550. The highest BCUT2D eigenvalue weighted by Gasteiger charge is 2.40. The molecular formula is C18H26ClN3O2. The van der Waals surface area contributed by atoms with E-state index in [1.54, 1.807) is 0 Å². The van der Waals surface area contributed by atoms with Gasteiger partial charge >= 0.3 is 0 Å². The van der Waals surface area contributed by atoms with Crippen molar-refractivity contribution >= 4 is 17.5 Å². The Hall–Kier alpha value is -1.30. The van der Waals surface area contributed by atoms with Crippen LogP contribution in [0.2, 0.25) is 5.02 Å². The van der Waals surface area contributed by atoms with Crippen molar-refractivity contribution in [2.24, 2.45) is 5.73 Å². The van der Waals surface area contributed by atoms with Crippen molar-refractivity contribution in [3.05, 3.63) is 29.3 Å². The van der Waals surface area contributed by atoms with Crippen LogP contribution in [0, 0.1) is 0 Å². The number of amides is 1. The molecule has 0 bridgehead atoms. The highest BCUT2D eigenvalue weighted by atomic mass is 35.5. The third-order valence-corrected chi connectivity index (χ3v) is 5.32. The summed E-state index contributed by atoms with van der Waals surface area (Å²) in [4.78, 5) is 16.9. The van der Waals surface area contributed by atoms with Crippen molar-refractivity contribution in [2.45, 2.75) is 31.2 Å². The first kappa shape index (κ1) is 17.5. The standard InChI is InChI=1S/C18H26ClN3O2/c19-15-3-5-16(6-4-15)24-14-13-21-9-11-22(12-10-21)17(23)18(20)7-1-2-8-18/h3-6H,1-2,7-14,20H2. The quantitative estimate of drug-likeness (QED) is 0.883. The van der Waals surface area contributed by atoms with Gasteiger partial charge in [-0.2, -0.15) is 0 Å². The Morgan fingerprint density at radius 2 is 1.75 bits per heavy atom. The number of piperazine rings is 1. The highest BCUT2D eigenvalue weighted by Crippen LogP contribution is 2.29. The van der Waals surface area contributed by atoms with Crippen LogP contribution in [0.25, 0.3) is 0 Å². The number of carbonyl (C=O) groups is 1. The molecule has 1 saturated heterocycles. The Morgan fingerprint density at radius 1 is 1.12 bits per heavy atom. The Morgan fingerprint density at radius 3 is 2.38 bits per heavy atom. The van der Waals surface area contributed by atoms with E-state index in [1.165, 1.54) is 0 Å². The van der Waals surface area contributed by atoms with Crippen LogP contribution in [0.15, 0.2) is 24.3 Å². The van der Waals surface area contributed by atoms with Gasteiger partial charge in [-0.15, -0.1) is 0 Å². The van der Waals surface area contributed by atoms with E-state index in [1.807, 2.05) is 29.2 Å². The number of nitrogens with zero attached hydrogens (tertiary/aromatic N) is 2. The SMILES string of the molecule is NC1(C(=O)N2CCN(CCOc3ccc(Cl)cc3)CC2)CCCC1. The number of ether oxygens (including phenoxy) is 1. The molecule has 1 amide bonds. The largest absolute Gasteiger partial charge is 0.492 e. The molecule has 2 aliphatic rings. The van der Waals surface area contributed by atoms with Crippen LogP contribution in [-0.4, -0.2) is 60.6 Å². The fraction of sp³-hybridized carbons (Fsp3) is 0.611. The molecule has 1 aromatic rings. The van der Waals surface area contributed by atoms with Crippen LogP contribution >= 0.6 is 11.6 Å². The minimum atomic E-state index is -0.597. The molecule has 1 aliphatic heterocycles. The van der Waals surface area contributed by atoms with Crippen molar-refractivity contribution < 1.29 is 9.53 Å². The van der Waals surface area contributed by atoms with Gasteiger partial charge in [0.05, 0.1) is 5.54 Å². The van der Waals surface area contributed by atoms with Crippen molar-refractivity contribution in [1.82, 2.24) is 9.80 Å². The molecule has 0 radical (unpaired) electrons. The molecule has 0 unspecified atom stereocenters. The summed E-state index contributed by atoms with van der Waals surface area (Å²) in [7, 11) is 0. The molecule has 1 aromatic carbocycles. The maximum absolute atomic E-state index is 12.6. The van der Waals surface area contributed by atoms with E-state index < -0.39 is 5.54 Å². The summed E-state index contributed by atoms with van der Waals surface area (Å²) < 4.78 is 5.73. The van der Waals surface area contributed by atoms with Gasteiger partial charge in [-0.1, -0.05) is 24.4 Å². The second kappa shape index (κ2) is 7.72. The molecule has 0 spiro atoms. The van der Waals surface area contributed by atoms with E-state index in [0.717, 1.165) is 64.2 Å². The van der Waals surface area contributed by atoms with Crippen LogP contribution < -0.4 is 10.5 Å². The van der Waals surface area contributed by atoms with Crippen LogP contribution in [0.4, 0.5) is 0 Å². The summed E-state index contributed by atoms with van der Waals surface area (Å²) in [6.45, 7) is 4.78. The molecule has 2 fully saturated rings. The predicted molar refractivity (Wildman–Crippen MR) is 95.4 cm³/mol. The van der Waals surface area contributed by atoms with Crippen LogP contribution in [-0.2, 0) is 4.79 Å². The van der Waals surface area contributed by atoms with Gasteiger partial charge in [0, 0.05) is 37.7 Å². The van der Waals surface area contributed by atoms with E-state index in [-0.39, 0.29) is 5.91 Å². The van der Waals surface area contributed by atoms with Crippen molar-refractivity contribution in [1.29, 1.82) is 0 Å². The monoisotopic (exact) mass is 351 g/mol. The smallest absolute Gasteiger partial charge is 0.242 e. The van der Waals surface area contributed by atoms with Gasteiger partial charge in [-0.25, -0.2) is 0 Å². The van der Waals surface area contributed by atoms with Crippen molar-refractivity contribution in [3.63, 3.8) is 0 Å². The number of nitrogens with two attached hydrogens (primary N) is 1. The number of carbonyl (C=O) groups excluding carboxylic acids is 1. The summed E-state index contributed by atoms with van der Waals surface area (Å²) in [6, 6.07) is 7.41. The van der Waals surface area contributed by atoms with E-state index in [2.05, 4.69) is 4.90 Å². The van der Waals surface area contributed by atoms with Gasteiger partial charge in [0.1, 0.15) is 12.4 Å². The lowest BCUT2D eigenvalue weighted by atomic mass is 9.97. The fourth-order valence-corrected chi connectivity index (χ4v) is 3.66. The average Bonchev–Trinajstić information content (AvgIpc) is 3.05. The normalized spacial score (nSPS) is 21.0. The molecule has 0 aromatic heterocycles. The first-order chi connectivity index (χ1) is 11.6. The van der Waals surface area contributed by atoms with Gasteiger partial charge in [0.25, 0.3) is 0 Å². The highest BCUT2D eigenvalue weighted by molar-refractivity contribution is 6.30. The summed E-state index contributed by atoms with van der Waals surface area (Å²) >= 11 is 5.86. The lowest BCUT2D eigenvalue weighted by Gasteiger charge is -2.38. The third-order valence-electron chi connectivity index (χ3n) is 5.07. The minimum absolute atomic E-state index is 0.150. The third kappa shape index (κ3) is 4.21. The molecule has 0 atom stereocenters. The lowest BCUT2D eigenvalue weighted by molar-refractivity contribution is -0.138. The van der Waals surface area contributed by atoms with Gasteiger partial charge in [-0.3, -0.25) is 9.69 Å².